The zero-order valence-electron chi connectivity index (χ0n) is 17.0. The fourth-order valence-electron chi connectivity index (χ4n) is 4.39. The molecule has 6 heteroatoms. The molecule has 0 saturated heterocycles. The summed E-state index contributed by atoms with van der Waals surface area (Å²) in [6, 6.07) is 6.97. The zero-order chi connectivity index (χ0) is 20.3. The molecule has 1 saturated carbocycles. The van der Waals surface area contributed by atoms with Crippen molar-refractivity contribution in [1.29, 1.82) is 0 Å². The third-order valence-electron chi connectivity index (χ3n) is 5.92. The highest BCUT2D eigenvalue weighted by atomic mass is 32.2. The molecule has 1 aromatic heterocycles. The minimum Gasteiger partial charge on any atom is -0.458 e. The summed E-state index contributed by atoms with van der Waals surface area (Å²) >= 11 is 1.72. The van der Waals surface area contributed by atoms with Crippen molar-refractivity contribution in [1.82, 2.24) is 4.98 Å². The highest BCUT2D eigenvalue weighted by Gasteiger charge is 2.22. The average molecular weight is 422 g/mol. The molecule has 2 N–H and O–H groups in total. The fourth-order valence-corrected chi connectivity index (χ4v) is 5.44. The van der Waals surface area contributed by atoms with Gasteiger partial charge < -0.3 is 19.8 Å². The number of ether oxygens (including phenoxy) is 1. The number of aromatic amines is 1. The number of aldehydes is 1. The van der Waals surface area contributed by atoms with E-state index in [1.54, 1.807) is 11.8 Å². The molecule has 0 radical (unpaired) electrons. The first-order valence-corrected chi connectivity index (χ1v) is 11.9. The Morgan fingerprint density at radius 3 is 2.93 bits per heavy atom. The van der Waals surface area contributed by atoms with Gasteiger partial charge in [-0.25, -0.2) is 0 Å². The molecule has 1 atom stereocenters. The molecular weight excluding hydrogens is 394 g/mol. The van der Waals surface area contributed by atoms with Gasteiger partial charge in [0.25, 0.3) is 0 Å². The Morgan fingerprint density at radius 2 is 2.13 bits per heavy atom. The van der Waals surface area contributed by atoms with Gasteiger partial charge in [-0.1, -0.05) is 18.9 Å². The Morgan fingerprint density at radius 1 is 1.23 bits per heavy atom. The number of thioether (sulfide) groups is 1. The molecule has 2 aromatic rings. The molecule has 0 unspecified atom stereocenters. The molecule has 5 rings (SSSR count). The van der Waals surface area contributed by atoms with E-state index >= 15 is 0 Å². The van der Waals surface area contributed by atoms with Crippen LogP contribution in [0.1, 0.15) is 50.6 Å². The van der Waals surface area contributed by atoms with Crippen LogP contribution in [0.4, 0.5) is 5.69 Å². The molecule has 1 fully saturated rings. The number of aromatic nitrogens is 1. The van der Waals surface area contributed by atoms with E-state index in [1.165, 1.54) is 25.7 Å². The Bertz CT molecular complexity index is 1030. The largest absolute Gasteiger partial charge is 0.458 e. The molecule has 30 heavy (non-hydrogen) atoms. The van der Waals surface area contributed by atoms with Gasteiger partial charge in [-0.2, -0.15) is 0 Å². The second kappa shape index (κ2) is 8.72. The molecule has 156 valence electrons. The maximum atomic E-state index is 10.8. The molecule has 1 aliphatic heterocycles. The number of fused-ring (bicyclic) bond motifs is 1. The molecule has 3 aliphatic rings. The van der Waals surface area contributed by atoms with Crippen LogP contribution >= 0.6 is 11.8 Å². The Kier molecular flexibility index (Phi) is 5.67. The van der Waals surface area contributed by atoms with Crippen LogP contribution < -0.4 is 10.1 Å². The van der Waals surface area contributed by atoms with Gasteiger partial charge in [-0.15, -0.1) is 11.8 Å². The summed E-state index contributed by atoms with van der Waals surface area (Å²) in [5.41, 5.74) is 3.21. The van der Waals surface area contributed by atoms with Crippen LogP contribution in [-0.2, 0) is 4.79 Å². The van der Waals surface area contributed by atoms with Crippen LogP contribution in [0.15, 0.2) is 47.2 Å². The number of carbonyl (C=O) groups excluding carboxylic acids is 1. The van der Waals surface area contributed by atoms with E-state index in [2.05, 4.69) is 46.7 Å². The first-order valence-electron chi connectivity index (χ1n) is 10.9. The van der Waals surface area contributed by atoms with Gasteiger partial charge in [0.2, 0.25) is 0 Å². The first kappa shape index (κ1) is 19.5. The van der Waals surface area contributed by atoms with E-state index in [1.807, 2.05) is 0 Å². The molecule has 2 heterocycles. The predicted molar refractivity (Wildman–Crippen MR) is 125 cm³/mol. The SMILES string of the molecule is O=CC[C@@H]1CSC(c2cc3cc(OC4=CCCC=C4)cc(NC4CCCC4)c3[nH]2)=N1. The van der Waals surface area contributed by atoms with Gasteiger partial charge in [0.1, 0.15) is 22.8 Å². The van der Waals surface area contributed by atoms with Gasteiger partial charge in [0, 0.05) is 29.7 Å². The number of aliphatic imine (C=N–C) groups is 1. The van der Waals surface area contributed by atoms with Crippen LogP contribution in [0.25, 0.3) is 10.9 Å². The number of allylic oxidation sites excluding steroid dienone is 3. The normalized spacial score (nSPS) is 21.7. The highest BCUT2D eigenvalue weighted by molar-refractivity contribution is 8.14. The van der Waals surface area contributed by atoms with Crippen molar-refractivity contribution in [3.05, 3.63) is 47.9 Å². The summed E-state index contributed by atoms with van der Waals surface area (Å²) in [7, 11) is 0. The number of nitrogens with zero attached hydrogens (tertiary/aromatic N) is 1. The monoisotopic (exact) mass is 421 g/mol. The van der Waals surface area contributed by atoms with Crippen molar-refractivity contribution >= 4 is 39.7 Å². The molecule has 1 aromatic carbocycles. The summed E-state index contributed by atoms with van der Waals surface area (Å²) in [5.74, 6) is 2.63. The lowest BCUT2D eigenvalue weighted by molar-refractivity contribution is -0.108. The van der Waals surface area contributed by atoms with E-state index in [-0.39, 0.29) is 6.04 Å². The number of benzene rings is 1. The number of carbonyl (C=O) groups is 1. The van der Waals surface area contributed by atoms with Crippen LogP contribution in [0.2, 0.25) is 0 Å². The highest BCUT2D eigenvalue weighted by Crippen LogP contribution is 2.35. The third kappa shape index (κ3) is 4.19. The summed E-state index contributed by atoms with van der Waals surface area (Å²) < 4.78 is 6.20. The second-order valence-corrected chi connectivity index (χ2v) is 9.24. The lowest BCUT2D eigenvalue weighted by Crippen LogP contribution is -2.14. The van der Waals surface area contributed by atoms with E-state index in [0.29, 0.717) is 12.5 Å². The van der Waals surface area contributed by atoms with Crippen LogP contribution in [0.5, 0.6) is 5.75 Å². The maximum Gasteiger partial charge on any atom is 0.130 e. The van der Waals surface area contributed by atoms with E-state index in [9.17, 15) is 4.79 Å². The average Bonchev–Trinajstić information content (AvgIpc) is 3.49. The van der Waals surface area contributed by atoms with Crippen LogP contribution in [-0.4, -0.2) is 34.2 Å². The lowest BCUT2D eigenvalue weighted by atomic mass is 10.1. The summed E-state index contributed by atoms with van der Waals surface area (Å²) in [5, 5.41) is 5.86. The van der Waals surface area contributed by atoms with Gasteiger partial charge in [-0.3, -0.25) is 4.99 Å². The maximum absolute atomic E-state index is 10.8. The summed E-state index contributed by atoms with van der Waals surface area (Å²) in [6.45, 7) is 0. The number of hydrogen-bond donors (Lipinski definition) is 2. The van der Waals surface area contributed by atoms with Crippen molar-refractivity contribution in [2.75, 3.05) is 11.1 Å². The number of nitrogens with one attached hydrogen (secondary N) is 2. The number of H-pyrrole nitrogens is 1. The Labute approximate surface area is 181 Å². The quantitative estimate of drug-likeness (QED) is 0.572. The molecule has 0 bridgehead atoms. The van der Waals surface area contributed by atoms with Gasteiger partial charge in [0.05, 0.1) is 22.9 Å². The van der Waals surface area contributed by atoms with Crippen molar-refractivity contribution in [3.8, 4) is 5.75 Å². The standard InChI is InChI=1S/C24H27N3O2S/c28-11-10-18-15-30-24(26-18)22-13-16-12-20(29-19-8-2-1-3-9-19)14-21(23(16)27-22)25-17-6-4-5-7-17/h2,8-9,11-14,17-18,25,27H,1,3-7,10,15H2/t18-/m1/s1. The summed E-state index contributed by atoms with van der Waals surface area (Å²) in [6.07, 6.45) is 14.9. The van der Waals surface area contributed by atoms with E-state index in [0.717, 1.165) is 63.7 Å². The van der Waals surface area contributed by atoms with Crippen LogP contribution in [0, 0.1) is 0 Å². The third-order valence-corrected chi connectivity index (χ3v) is 7.07. The minimum atomic E-state index is 0.0916. The lowest BCUT2D eigenvalue weighted by Gasteiger charge is -2.16. The van der Waals surface area contributed by atoms with E-state index in [4.69, 9.17) is 9.73 Å². The number of hydrogen-bond acceptors (Lipinski definition) is 5. The predicted octanol–water partition coefficient (Wildman–Crippen LogP) is 5.59. The molecule has 2 aliphatic carbocycles. The Hall–Kier alpha value is -2.47. The van der Waals surface area contributed by atoms with Crippen molar-refractivity contribution in [2.24, 2.45) is 4.99 Å². The van der Waals surface area contributed by atoms with Gasteiger partial charge in [-0.05, 0) is 50.0 Å². The zero-order valence-corrected chi connectivity index (χ0v) is 17.8. The van der Waals surface area contributed by atoms with Crippen molar-refractivity contribution in [2.45, 2.75) is 57.0 Å². The Balaban J connectivity index is 1.49. The van der Waals surface area contributed by atoms with Crippen molar-refractivity contribution < 1.29 is 9.53 Å². The van der Waals surface area contributed by atoms with Gasteiger partial charge >= 0.3 is 0 Å². The number of anilines is 1. The molecule has 5 nitrogen and oxygen atoms in total. The minimum absolute atomic E-state index is 0.0916. The molecule has 0 spiro atoms. The summed E-state index contributed by atoms with van der Waals surface area (Å²) in [4.78, 5) is 19.2. The second-order valence-electron chi connectivity index (χ2n) is 8.23. The molecule has 0 amide bonds. The smallest absolute Gasteiger partial charge is 0.130 e. The van der Waals surface area contributed by atoms with Gasteiger partial charge in [0.15, 0.2) is 0 Å². The molecular formula is C24H27N3O2S. The first-order chi connectivity index (χ1) is 14.8. The topological polar surface area (TPSA) is 66.5 Å². The number of rotatable bonds is 7. The van der Waals surface area contributed by atoms with Crippen molar-refractivity contribution in [3.63, 3.8) is 0 Å². The fraction of sp³-hybridized carbons (Fsp3) is 0.417. The van der Waals surface area contributed by atoms with Crippen LogP contribution in [0.3, 0.4) is 0 Å². The van der Waals surface area contributed by atoms with E-state index < -0.39 is 0 Å².